The van der Waals surface area contributed by atoms with Gasteiger partial charge in [-0.25, -0.2) is 22.2 Å². The zero-order chi connectivity index (χ0) is 23.4. The van der Waals surface area contributed by atoms with Crippen LogP contribution in [0.5, 0.6) is 0 Å². The molecule has 0 fully saturated rings. The van der Waals surface area contributed by atoms with Crippen molar-refractivity contribution in [3.63, 3.8) is 0 Å². The Kier molecular flexibility index (Phi) is 6.34. The number of hydrogen-bond donors (Lipinski definition) is 2. The highest BCUT2D eigenvalue weighted by molar-refractivity contribution is 7.89. The highest BCUT2D eigenvalue weighted by Crippen LogP contribution is 2.25. The molecule has 1 aromatic heterocycles. The Morgan fingerprint density at radius 1 is 0.970 bits per heavy atom. The average Bonchev–Trinajstić information content (AvgIpc) is 3.23. The number of sulfonamides is 1. The van der Waals surface area contributed by atoms with Gasteiger partial charge in [-0.3, -0.25) is 4.79 Å². The van der Waals surface area contributed by atoms with Crippen molar-refractivity contribution in [3.8, 4) is 16.9 Å². The number of rotatable bonds is 7. The standard InChI is InChI=1S/C24H21FN4O3S/c1-17(30)27-21-11-13-23(14-12-21)33(31,32)26-15-19-16-29(22-5-3-2-4-6-22)28-24(19)18-7-9-20(25)10-8-18/h2-14,16,26H,15H2,1H3,(H,27,30). The Hall–Kier alpha value is -3.82. The summed E-state index contributed by atoms with van der Waals surface area (Å²) >= 11 is 0. The molecule has 0 aliphatic rings. The number of anilines is 1. The number of para-hydroxylation sites is 1. The van der Waals surface area contributed by atoms with Crippen molar-refractivity contribution in [2.45, 2.75) is 18.4 Å². The number of amides is 1. The molecule has 33 heavy (non-hydrogen) atoms. The zero-order valence-corrected chi connectivity index (χ0v) is 18.5. The van der Waals surface area contributed by atoms with Crippen LogP contribution in [-0.4, -0.2) is 24.1 Å². The molecule has 0 saturated heterocycles. The molecule has 3 aromatic carbocycles. The quantitative estimate of drug-likeness (QED) is 0.430. The molecule has 0 unspecified atom stereocenters. The summed E-state index contributed by atoms with van der Waals surface area (Å²) in [4.78, 5) is 11.2. The Balaban J connectivity index is 1.62. The lowest BCUT2D eigenvalue weighted by molar-refractivity contribution is -0.114. The van der Waals surface area contributed by atoms with E-state index < -0.39 is 10.0 Å². The van der Waals surface area contributed by atoms with Crippen LogP contribution in [-0.2, 0) is 21.4 Å². The molecule has 168 valence electrons. The third kappa shape index (κ3) is 5.33. The van der Waals surface area contributed by atoms with Gasteiger partial charge in [0, 0.05) is 36.5 Å². The number of carbonyl (C=O) groups is 1. The highest BCUT2D eigenvalue weighted by Gasteiger charge is 2.18. The van der Waals surface area contributed by atoms with E-state index in [9.17, 15) is 17.6 Å². The van der Waals surface area contributed by atoms with Crippen LogP contribution in [0.25, 0.3) is 16.9 Å². The van der Waals surface area contributed by atoms with Crippen LogP contribution in [0.1, 0.15) is 12.5 Å². The topological polar surface area (TPSA) is 93.1 Å². The summed E-state index contributed by atoms with van der Waals surface area (Å²) in [5, 5.41) is 7.21. The monoisotopic (exact) mass is 464 g/mol. The summed E-state index contributed by atoms with van der Waals surface area (Å²) in [6.07, 6.45) is 1.75. The summed E-state index contributed by atoms with van der Waals surface area (Å²) in [5.74, 6) is -0.612. The van der Waals surface area contributed by atoms with E-state index in [1.807, 2.05) is 30.3 Å². The maximum atomic E-state index is 13.4. The average molecular weight is 465 g/mol. The number of benzene rings is 3. The van der Waals surface area contributed by atoms with Gasteiger partial charge in [0.2, 0.25) is 15.9 Å². The van der Waals surface area contributed by atoms with E-state index in [0.29, 0.717) is 22.5 Å². The Morgan fingerprint density at radius 2 is 1.64 bits per heavy atom. The molecule has 0 aliphatic heterocycles. The normalized spacial score (nSPS) is 11.3. The second-order valence-electron chi connectivity index (χ2n) is 7.32. The lowest BCUT2D eigenvalue weighted by Crippen LogP contribution is -2.23. The van der Waals surface area contributed by atoms with Gasteiger partial charge in [-0.1, -0.05) is 18.2 Å². The van der Waals surface area contributed by atoms with Gasteiger partial charge in [0.05, 0.1) is 16.3 Å². The Morgan fingerprint density at radius 3 is 2.27 bits per heavy atom. The van der Waals surface area contributed by atoms with E-state index in [1.54, 1.807) is 23.0 Å². The highest BCUT2D eigenvalue weighted by atomic mass is 32.2. The van der Waals surface area contributed by atoms with Crippen molar-refractivity contribution in [1.82, 2.24) is 14.5 Å². The molecule has 1 heterocycles. The van der Waals surface area contributed by atoms with Crippen LogP contribution in [0.2, 0.25) is 0 Å². The van der Waals surface area contributed by atoms with Gasteiger partial charge in [0.1, 0.15) is 5.82 Å². The van der Waals surface area contributed by atoms with Crippen molar-refractivity contribution in [2.24, 2.45) is 0 Å². The number of hydrogen-bond acceptors (Lipinski definition) is 4. The maximum absolute atomic E-state index is 13.4. The smallest absolute Gasteiger partial charge is 0.240 e. The van der Waals surface area contributed by atoms with E-state index in [1.165, 1.54) is 43.3 Å². The number of nitrogens with zero attached hydrogens (tertiary/aromatic N) is 2. The molecule has 0 aliphatic carbocycles. The van der Waals surface area contributed by atoms with E-state index in [4.69, 9.17) is 0 Å². The van der Waals surface area contributed by atoms with Gasteiger partial charge in [-0.15, -0.1) is 0 Å². The van der Waals surface area contributed by atoms with Crippen LogP contribution < -0.4 is 10.0 Å². The number of nitrogens with one attached hydrogen (secondary N) is 2. The van der Waals surface area contributed by atoms with Crippen molar-refractivity contribution >= 4 is 21.6 Å². The van der Waals surface area contributed by atoms with E-state index in [0.717, 1.165) is 5.69 Å². The summed E-state index contributed by atoms with van der Waals surface area (Å²) in [6.45, 7) is 1.36. The first-order valence-electron chi connectivity index (χ1n) is 10.1. The first-order valence-corrected chi connectivity index (χ1v) is 11.6. The summed E-state index contributed by atoms with van der Waals surface area (Å²) in [6, 6.07) is 21.2. The van der Waals surface area contributed by atoms with Crippen LogP contribution in [0, 0.1) is 5.82 Å². The summed E-state index contributed by atoms with van der Waals surface area (Å²) in [5.41, 5.74) is 3.15. The van der Waals surface area contributed by atoms with Crippen LogP contribution in [0.3, 0.4) is 0 Å². The first kappa shape index (κ1) is 22.4. The Labute approximate surface area is 190 Å². The molecule has 0 radical (unpaired) electrons. The summed E-state index contributed by atoms with van der Waals surface area (Å²) < 4.78 is 43.3. The minimum Gasteiger partial charge on any atom is -0.326 e. The first-order chi connectivity index (χ1) is 15.8. The third-order valence-corrected chi connectivity index (χ3v) is 6.28. The van der Waals surface area contributed by atoms with E-state index in [2.05, 4.69) is 15.1 Å². The number of carbonyl (C=O) groups excluding carboxylic acids is 1. The van der Waals surface area contributed by atoms with Gasteiger partial charge in [0.15, 0.2) is 0 Å². The zero-order valence-electron chi connectivity index (χ0n) is 17.7. The molecule has 1 amide bonds. The van der Waals surface area contributed by atoms with Gasteiger partial charge < -0.3 is 5.32 Å². The van der Waals surface area contributed by atoms with Gasteiger partial charge in [-0.2, -0.15) is 5.10 Å². The fraction of sp³-hybridized carbons (Fsp3) is 0.0833. The molecule has 0 atom stereocenters. The second-order valence-corrected chi connectivity index (χ2v) is 9.09. The predicted molar refractivity (Wildman–Crippen MR) is 124 cm³/mol. The molecule has 7 nitrogen and oxygen atoms in total. The SMILES string of the molecule is CC(=O)Nc1ccc(S(=O)(=O)NCc2cn(-c3ccccc3)nc2-c2ccc(F)cc2)cc1. The molecule has 0 saturated carbocycles. The third-order valence-electron chi connectivity index (χ3n) is 4.87. The largest absolute Gasteiger partial charge is 0.326 e. The number of aromatic nitrogens is 2. The molecule has 0 bridgehead atoms. The van der Waals surface area contributed by atoms with Gasteiger partial charge in [-0.05, 0) is 60.7 Å². The molecule has 0 spiro atoms. The minimum absolute atomic E-state index is 0.0185. The molecule has 2 N–H and O–H groups in total. The number of halogens is 1. The molecule has 9 heteroatoms. The van der Waals surface area contributed by atoms with Crippen molar-refractivity contribution < 1.29 is 17.6 Å². The Bertz CT molecular complexity index is 1370. The molecule has 4 aromatic rings. The molecular formula is C24H21FN4O3S. The fourth-order valence-corrected chi connectivity index (χ4v) is 4.29. The minimum atomic E-state index is -3.82. The van der Waals surface area contributed by atoms with Gasteiger partial charge in [0.25, 0.3) is 0 Å². The van der Waals surface area contributed by atoms with Gasteiger partial charge >= 0.3 is 0 Å². The molecule has 4 rings (SSSR count). The fourth-order valence-electron chi connectivity index (χ4n) is 3.28. The summed E-state index contributed by atoms with van der Waals surface area (Å²) in [7, 11) is -3.82. The molecular weight excluding hydrogens is 443 g/mol. The maximum Gasteiger partial charge on any atom is 0.240 e. The van der Waals surface area contributed by atoms with E-state index >= 15 is 0 Å². The predicted octanol–water partition coefficient (Wildman–Crippen LogP) is 4.12. The van der Waals surface area contributed by atoms with Crippen LogP contribution in [0.15, 0.2) is 90.0 Å². The van der Waals surface area contributed by atoms with Crippen LogP contribution >= 0.6 is 0 Å². The second kappa shape index (κ2) is 9.35. The van der Waals surface area contributed by atoms with Crippen molar-refractivity contribution in [1.29, 1.82) is 0 Å². The lowest BCUT2D eigenvalue weighted by Gasteiger charge is -2.08. The lowest BCUT2D eigenvalue weighted by atomic mass is 10.1. The van der Waals surface area contributed by atoms with E-state index in [-0.39, 0.29) is 23.2 Å². The van der Waals surface area contributed by atoms with Crippen molar-refractivity contribution in [2.75, 3.05) is 5.32 Å². The van der Waals surface area contributed by atoms with Crippen molar-refractivity contribution in [3.05, 3.63) is 96.4 Å². The van der Waals surface area contributed by atoms with Crippen LogP contribution in [0.4, 0.5) is 10.1 Å².